The van der Waals surface area contributed by atoms with Gasteiger partial charge in [-0.3, -0.25) is 19.3 Å². The van der Waals surface area contributed by atoms with E-state index in [0.717, 1.165) is 5.56 Å². The first-order valence-electron chi connectivity index (χ1n) is 9.39. The number of aryl methyl sites for hydroxylation is 1. The summed E-state index contributed by atoms with van der Waals surface area (Å²) in [6.45, 7) is 1.88. The van der Waals surface area contributed by atoms with Gasteiger partial charge in [0.2, 0.25) is 5.78 Å². The standard InChI is InChI=1S/C24H18FNO4/c1-14-2-4-16(5-3-14)22(28)20-21(15-6-8-17(25)9-7-15)26(24(30)23(20)29)18-10-12-19(27)13-11-18/h2-13,20-21,27H,1H3. The first-order chi connectivity index (χ1) is 14.4. The molecule has 5 nitrogen and oxygen atoms in total. The topological polar surface area (TPSA) is 74.7 Å². The molecule has 1 saturated heterocycles. The molecular formula is C24H18FNO4. The van der Waals surface area contributed by atoms with E-state index in [9.17, 15) is 23.9 Å². The van der Waals surface area contributed by atoms with Crippen LogP contribution in [0, 0.1) is 18.7 Å². The molecule has 150 valence electrons. The van der Waals surface area contributed by atoms with E-state index in [2.05, 4.69) is 0 Å². The summed E-state index contributed by atoms with van der Waals surface area (Å²) >= 11 is 0. The van der Waals surface area contributed by atoms with Gasteiger partial charge in [0.1, 0.15) is 17.5 Å². The van der Waals surface area contributed by atoms with Crippen molar-refractivity contribution in [3.63, 3.8) is 0 Å². The fraction of sp³-hybridized carbons (Fsp3) is 0.125. The van der Waals surface area contributed by atoms with E-state index >= 15 is 0 Å². The number of rotatable bonds is 4. The van der Waals surface area contributed by atoms with E-state index in [4.69, 9.17) is 0 Å². The van der Waals surface area contributed by atoms with Crippen LogP contribution in [-0.2, 0) is 9.59 Å². The molecule has 1 N–H and O–H groups in total. The third-order valence-electron chi connectivity index (χ3n) is 5.26. The number of phenols is 1. The minimum absolute atomic E-state index is 0.00216. The van der Waals surface area contributed by atoms with Gasteiger partial charge < -0.3 is 5.11 Å². The van der Waals surface area contributed by atoms with Crippen LogP contribution in [0.15, 0.2) is 72.8 Å². The zero-order valence-corrected chi connectivity index (χ0v) is 16.1. The molecule has 1 amide bonds. The molecule has 0 aliphatic carbocycles. The largest absolute Gasteiger partial charge is 0.508 e. The van der Waals surface area contributed by atoms with Gasteiger partial charge in [-0.25, -0.2) is 4.39 Å². The SMILES string of the molecule is Cc1ccc(C(=O)C2C(=O)C(=O)N(c3ccc(O)cc3)C2c2ccc(F)cc2)cc1. The number of hydrogen-bond donors (Lipinski definition) is 1. The van der Waals surface area contributed by atoms with Crippen molar-refractivity contribution in [3.8, 4) is 5.75 Å². The Morgan fingerprint density at radius 3 is 2.10 bits per heavy atom. The van der Waals surface area contributed by atoms with Crippen LogP contribution < -0.4 is 4.90 Å². The second-order valence-corrected chi connectivity index (χ2v) is 7.26. The van der Waals surface area contributed by atoms with E-state index in [1.165, 1.54) is 53.4 Å². The number of halogens is 1. The van der Waals surface area contributed by atoms with Crippen LogP contribution in [0.3, 0.4) is 0 Å². The van der Waals surface area contributed by atoms with Gasteiger partial charge in [0, 0.05) is 11.3 Å². The van der Waals surface area contributed by atoms with Crippen LogP contribution in [0.1, 0.15) is 27.5 Å². The molecule has 0 saturated carbocycles. The Morgan fingerprint density at radius 1 is 0.900 bits per heavy atom. The van der Waals surface area contributed by atoms with E-state index in [0.29, 0.717) is 16.8 Å². The molecular weight excluding hydrogens is 385 g/mol. The Morgan fingerprint density at radius 2 is 1.50 bits per heavy atom. The Kier molecular flexibility index (Phi) is 4.91. The van der Waals surface area contributed by atoms with Gasteiger partial charge in [-0.05, 0) is 48.9 Å². The van der Waals surface area contributed by atoms with E-state index < -0.39 is 35.3 Å². The summed E-state index contributed by atoms with van der Waals surface area (Å²) in [5, 5.41) is 9.58. The summed E-state index contributed by atoms with van der Waals surface area (Å²) < 4.78 is 13.5. The number of hydrogen-bond acceptors (Lipinski definition) is 4. The maximum atomic E-state index is 13.5. The molecule has 1 fully saturated rings. The van der Waals surface area contributed by atoms with Crippen molar-refractivity contribution in [1.29, 1.82) is 0 Å². The van der Waals surface area contributed by atoms with Crippen molar-refractivity contribution in [1.82, 2.24) is 0 Å². The molecule has 1 heterocycles. The summed E-state index contributed by atoms with van der Waals surface area (Å²) in [6, 6.07) is 17.0. The molecule has 0 spiro atoms. The molecule has 3 aromatic rings. The minimum atomic E-state index is -1.26. The molecule has 30 heavy (non-hydrogen) atoms. The number of phenolic OH excluding ortho intramolecular Hbond substituents is 1. The van der Waals surface area contributed by atoms with Crippen molar-refractivity contribution in [3.05, 3.63) is 95.3 Å². The Bertz CT molecular complexity index is 1120. The Balaban J connectivity index is 1.84. The Hall–Kier alpha value is -3.80. The zero-order valence-electron chi connectivity index (χ0n) is 16.1. The average molecular weight is 403 g/mol. The van der Waals surface area contributed by atoms with Crippen molar-refractivity contribution < 1.29 is 23.9 Å². The third-order valence-corrected chi connectivity index (χ3v) is 5.26. The van der Waals surface area contributed by atoms with E-state index in [1.807, 2.05) is 6.92 Å². The molecule has 0 aromatic heterocycles. The molecule has 6 heteroatoms. The minimum Gasteiger partial charge on any atom is -0.508 e. The summed E-state index contributed by atoms with van der Waals surface area (Å²) in [5.74, 6) is -3.83. The lowest BCUT2D eigenvalue weighted by Crippen LogP contribution is -2.30. The summed E-state index contributed by atoms with van der Waals surface area (Å²) in [6.07, 6.45) is 0. The molecule has 0 bridgehead atoms. The van der Waals surface area contributed by atoms with Crippen LogP contribution >= 0.6 is 0 Å². The smallest absolute Gasteiger partial charge is 0.295 e. The van der Waals surface area contributed by atoms with E-state index in [1.54, 1.807) is 24.3 Å². The number of anilines is 1. The lowest BCUT2D eigenvalue weighted by atomic mass is 9.86. The molecule has 2 atom stereocenters. The first-order valence-corrected chi connectivity index (χ1v) is 9.39. The first kappa shape index (κ1) is 19.5. The zero-order chi connectivity index (χ0) is 21.4. The normalized spacial score (nSPS) is 18.7. The second kappa shape index (κ2) is 7.55. The van der Waals surface area contributed by atoms with Crippen LogP contribution in [0.2, 0.25) is 0 Å². The van der Waals surface area contributed by atoms with Gasteiger partial charge in [-0.15, -0.1) is 0 Å². The number of ketones is 2. The number of benzene rings is 3. The number of carbonyl (C=O) groups excluding carboxylic acids is 3. The third kappa shape index (κ3) is 3.37. The second-order valence-electron chi connectivity index (χ2n) is 7.26. The highest BCUT2D eigenvalue weighted by Gasteiger charge is 2.52. The molecule has 2 unspecified atom stereocenters. The van der Waals surface area contributed by atoms with E-state index in [-0.39, 0.29) is 5.75 Å². The molecule has 1 aliphatic rings. The molecule has 1 aliphatic heterocycles. The van der Waals surface area contributed by atoms with Crippen molar-refractivity contribution >= 4 is 23.2 Å². The maximum absolute atomic E-state index is 13.5. The van der Waals surface area contributed by atoms with Crippen molar-refractivity contribution in [2.45, 2.75) is 13.0 Å². The monoisotopic (exact) mass is 403 g/mol. The summed E-state index contributed by atoms with van der Waals surface area (Å²) in [4.78, 5) is 40.4. The number of Topliss-reactive ketones (excluding diaryl/α,β-unsaturated/α-hetero) is 2. The maximum Gasteiger partial charge on any atom is 0.295 e. The fourth-order valence-corrected chi connectivity index (χ4v) is 3.72. The molecule has 4 rings (SSSR count). The quantitative estimate of drug-likeness (QED) is 0.406. The highest BCUT2D eigenvalue weighted by Crippen LogP contribution is 2.41. The van der Waals surface area contributed by atoms with Gasteiger partial charge in [0.25, 0.3) is 5.91 Å². The highest BCUT2D eigenvalue weighted by molar-refractivity contribution is 6.49. The average Bonchev–Trinajstić information content (AvgIpc) is 3.00. The number of aromatic hydroxyl groups is 1. The highest BCUT2D eigenvalue weighted by atomic mass is 19.1. The summed E-state index contributed by atoms with van der Waals surface area (Å²) in [7, 11) is 0. The van der Waals surface area contributed by atoms with Crippen LogP contribution in [0.4, 0.5) is 10.1 Å². The Labute approximate surface area is 172 Å². The van der Waals surface area contributed by atoms with Gasteiger partial charge in [0.15, 0.2) is 5.78 Å². The van der Waals surface area contributed by atoms with Gasteiger partial charge in [-0.2, -0.15) is 0 Å². The number of nitrogens with zero attached hydrogens (tertiary/aromatic N) is 1. The molecule has 0 radical (unpaired) electrons. The van der Waals surface area contributed by atoms with Crippen molar-refractivity contribution in [2.24, 2.45) is 5.92 Å². The predicted molar refractivity (Wildman–Crippen MR) is 109 cm³/mol. The van der Waals surface area contributed by atoms with Gasteiger partial charge >= 0.3 is 0 Å². The fourth-order valence-electron chi connectivity index (χ4n) is 3.72. The van der Waals surface area contributed by atoms with Gasteiger partial charge in [-0.1, -0.05) is 42.0 Å². The number of carbonyl (C=O) groups is 3. The van der Waals surface area contributed by atoms with Crippen LogP contribution in [0.25, 0.3) is 0 Å². The lowest BCUT2D eigenvalue weighted by molar-refractivity contribution is -0.135. The summed E-state index contributed by atoms with van der Waals surface area (Å²) in [5.41, 5.74) is 2.11. The predicted octanol–water partition coefficient (Wildman–Crippen LogP) is 4.00. The van der Waals surface area contributed by atoms with Crippen LogP contribution in [-0.4, -0.2) is 22.6 Å². The van der Waals surface area contributed by atoms with Crippen LogP contribution in [0.5, 0.6) is 5.75 Å². The van der Waals surface area contributed by atoms with Gasteiger partial charge in [0.05, 0.1) is 6.04 Å². The number of amides is 1. The molecule has 3 aromatic carbocycles. The van der Waals surface area contributed by atoms with Crippen molar-refractivity contribution in [2.75, 3.05) is 4.90 Å². The lowest BCUT2D eigenvalue weighted by Gasteiger charge is -2.27.